The van der Waals surface area contributed by atoms with Crippen LogP contribution in [-0.4, -0.2) is 29.7 Å². The highest BCUT2D eigenvalue weighted by atomic mass is 32.2. The number of benzene rings is 1. The highest BCUT2D eigenvalue weighted by Crippen LogP contribution is 2.28. The van der Waals surface area contributed by atoms with Crippen molar-refractivity contribution in [3.05, 3.63) is 35.9 Å². The summed E-state index contributed by atoms with van der Waals surface area (Å²) in [6.07, 6.45) is 3.24. The number of rotatable bonds is 4. The zero-order valence-electron chi connectivity index (χ0n) is 11.7. The molecule has 2 heterocycles. The largest absolute Gasteiger partial charge is 0.385 e. The first-order valence-electron chi connectivity index (χ1n) is 6.76. The van der Waals surface area contributed by atoms with E-state index < -0.39 is 10.0 Å². The molecule has 7 nitrogen and oxygen atoms in total. The number of hydrogen-bond donors (Lipinski definition) is 2. The molecule has 1 aliphatic rings. The predicted molar refractivity (Wildman–Crippen MR) is 78.3 cm³/mol. The summed E-state index contributed by atoms with van der Waals surface area (Å²) in [5.41, 5.74) is 1.76. The first-order chi connectivity index (χ1) is 10.1. The molecule has 0 spiro atoms. The lowest BCUT2D eigenvalue weighted by molar-refractivity contribution is 0.575. The van der Waals surface area contributed by atoms with Gasteiger partial charge in [-0.15, -0.1) is 10.2 Å². The van der Waals surface area contributed by atoms with Crippen molar-refractivity contribution >= 4 is 15.7 Å². The fourth-order valence-corrected chi connectivity index (χ4v) is 3.70. The van der Waals surface area contributed by atoms with Crippen LogP contribution < -0.4 is 10.0 Å². The zero-order chi connectivity index (χ0) is 14.9. The van der Waals surface area contributed by atoms with E-state index in [2.05, 4.69) is 20.2 Å². The molecule has 0 bridgehead atoms. The van der Waals surface area contributed by atoms with Crippen LogP contribution in [0.2, 0.25) is 0 Å². The lowest BCUT2D eigenvalue weighted by Gasteiger charge is -2.20. The fourth-order valence-electron chi connectivity index (χ4n) is 2.43. The standard InChI is InChI=1S/C13H17N5O2S/c1-18-9-15-17-13(18)8-16-21(19,20)12-6-2-5-11-10(12)4-3-7-14-11/h2,5-6,9,14,16H,3-4,7-8H2,1H3. The quantitative estimate of drug-likeness (QED) is 0.866. The van der Waals surface area contributed by atoms with Gasteiger partial charge in [-0.2, -0.15) is 0 Å². The maximum absolute atomic E-state index is 12.5. The summed E-state index contributed by atoms with van der Waals surface area (Å²) in [6.45, 7) is 0.999. The van der Waals surface area contributed by atoms with E-state index in [4.69, 9.17) is 0 Å². The van der Waals surface area contributed by atoms with E-state index in [0.717, 1.165) is 30.6 Å². The second-order valence-corrected chi connectivity index (χ2v) is 6.73. The number of nitrogens with zero attached hydrogens (tertiary/aromatic N) is 3. The number of nitrogens with one attached hydrogen (secondary N) is 2. The van der Waals surface area contributed by atoms with Gasteiger partial charge in [0, 0.05) is 19.3 Å². The summed E-state index contributed by atoms with van der Waals surface area (Å²) in [5.74, 6) is 0.571. The van der Waals surface area contributed by atoms with Crippen molar-refractivity contribution in [3.8, 4) is 0 Å². The van der Waals surface area contributed by atoms with Crippen LogP contribution in [0.1, 0.15) is 17.8 Å². The molecule has 1 aliphatic heterocycles. The minimum atomic E-state index is -3.57. The summed E-state index contributed by atoms with van der Waals surface area (Å²) < 4.78 is 29.3. The normalized spacial score (nSPS) is 14.5. The number of sulfonamides is 1. The molecule has 0 unspecified atom stereocenters. The number of hydrogen-bond acceptors (Lipinski definition) is 5. The number of aryl methyl sites for hydroxylation is 1. The molecule has 0 fully saturated rings. The minimum Gasteiger partial charge on any atom is -0.385 e. The molecular weight excluding hydrogens is 290 g/mol. The highest BCUT2D eigenvalue weighted by molar-refractivity contribution is 7.89. The molecule has 1 aromatic carbocycles. The van der Waals surface area contributed by atoms with E-state index >= 15 is 0 Å². The second kappa shape index (κ2) is 5.45. The Morgan fingerprint density at radius 1 is 1.43 bits per heavy atom. The molecule has 8 heteroatoms. The van der Waals surface area contributed by atoms with Crippen molar-refractivity contribution in [1.82, 2.24) is 19.5 Å². The van der Waals surface area contributed by atoms with Crippen LogP contribution in [0.5, 0.6) is 0 Å². The fraction of sp³-hybridized carbons (Fsp3) is 0.385. The van der Waals surface area contributed by atoms with Crippen LogP contribution in [0.3, 0.4) is 0 Å². The average Bonchev–Trinajstić information content (AvgIpc) is 2.90. The summed E-state index contributed by atoms with van der Waals surface area (Å²) in [7, 11) is -1.79. The molecule has 112 valence electrons. The minimum absolute atomic E-state index is 0.121. The number of fused-ring (bicyclic) bond motifs is 1. The van der Waals surface area contributed by atoms with E-state index in [0.29, 0.717) is 10.7 Å². The van der Waals surface area contributed by atoms with Crippen LogP contribution in [-0.2, 0) is 30.0 Å². The molecule has 0 radical (unpaired) electrons. The Balaban J connectivity index is 1.87. The summed E-state index contributed by atoms with van der Waals surface area (Å²) in [6, 6.07) is 5.31. The molecule has 2 N–H and O–H groups in total. The van der Waals surface area contributed by atoms with Gasteiger partial charge in [0.15, 0.2) is 0 Å². The SMILES string of the molecule is Cn1cnnc1CNS(=O)(=O)c1cccc2c1CCCN2. The van der Waals surface area contributed by atoms with Crippen LogP contribution in [0, 0.1) is 0 Å². The van der Waals surface area contributed by atoms with Gasteiger partial charge in [0.25, 0.3) is 0 Å². The van der Waals surface area contributed by atoms with Gasteiger partial charge < -0.3 is 9.88 Å². The van der Waals surface area contributed by atoms with Gasteiger partial charge in [0.05, 0.1) is 11.4 Å². The van der Waals surface area contributed by atoms with E-state index in [-0.39, 0.29) is 6.54 Å². The molecule has 0 amide bonds. The smallest absolute Gasteiger partial charge is 0.241 e. The van der Waals surface area contributed by atoms with E-state index in [1.165, 1.54) is 6.33 Å². The Morgan fingerprint density at radius 2 is 2.29 bits per heavy atom. The number of anilines is 1. The Bertz CT molecular complexity index is 754. The first-order valence-corrected chi connectivity index (χ1v) is 8.24. The molecule has 21 heavy (non-hydrogen) atoms. The molecule has 0 saturated carbocycles. The average molecular weight is 307 g/mol. The summed E-state index contributed by atoms with van der Waals surface area (Å²) in [5, 5.41) is 10.8. The summed E-state index contributed by atoms with van der Waals surface area (Å²) >= 11 is 0. The Hall–Kier alpha value is -1.93. The van der Waals surface area contributed by atoms with Crippen molar-refractivity contribution < 1.29 is 8.42 Å². The zero-order valence-corrected chi connectivity index (χ0v) is 12.5. The highest BCUT2D eigenvalue weighted by Gasteiger charge is 2.22. The lowest BCUT2D eigenvalue weighted by atomic mass is 10.0. The van der Waals surface area contributed by atoms with E-state index in [1.54, 1.807) is 23.7 Å². The van der Waals surface area contributed by atoms with Gasteiger partial charge in [-0.25, -0.2) is 13.1 Å². The van der Waals surface area contributed by atoms with Crippen molar-refractivity contribution in [2.24, 2.45) is 7.05 Å². The van der Waals surface area contributed by atoms with Crippen LogP contribution in [0.4, 0.5) is 5.69 Å². The van der Waals surface area contributed by atoms with Gasteiger partial charge in [0.1, 0.15) is 12.2 Å². The van der Waals surface area contributed by atoms with Crippen LogP contribution in [0.15, 0.2) is 29.4 Å². The Morgan fingerprint density at radius 3 is 3.05 bits per heavy atom. The Kier molecular flexibility index (Phi) is 3.64. The number of aromatic nitrogens is 3. The monoisotopic (exact) mass is 307 g/mol. The summed E-state index contributed by atoms with van der Waals surface area (Å²) in [4.78, 5) is 0.342. The van der Waals surface area contributed by atoms with Crippen molar-refractivity contribution in [2.45, 2.75) is 24.3 Å². The first kappa shape index (κ1) is 14.0. The van der Waals surface area contributed by atoms with Gasteiger partial charge in [-0.1, -0.05) is 6.07 Å². The predicted octanol–water partition coefficient (Wildman–Crippen LogP) is 0.652. The van der Waals surface area contributed by atoms with Crippen LogP contribution >= 0.6 is 0 Å². The maximum atomic E-state index is 12.5. The Labute approximate surface area is 123 Å². The maximum Gasteiger partial charge on any atom is 0.241 e. The van der Waals surface area contributed by atoms with Crippen LogP contribution in [0.25, 0.3) is 0 Å². The third kappa shape index (κ3) is 2.77. The van der Waals surface area contributed by atoms with Crippen molar-refractivity contribution in [3.63, 3.8) is 0 Å². The van der Waals surface area contributed by atoms with Gasteiger partial charge >= 0.3 is 0 Å². The molecule has 3 rings (SSSR count). The van der Waals surface area contributed by atoms with Gasteiger partial charge in [-0.05, 0) is 30.5 Å². The van der Waals surface area contributed by atoms with Crippen molar-refractivity contribution in [1.29, 1.82) is 0 Å². The molecule has 0 aliphatic carbocycles. The third-order valence-corrected chi connectivity index (χ3v) is 5.05. The molecule has 2 aromatic rings. The molecular formula is C13H17N5O2S. The third-order valence-electron chi connectivity index (χ3n) is 3.57. The lowest BCUT2D eigenvalue weighted by Crippen LogP contribution is -2.27. The van der Waals surface area contributed by atoms with E-state index in [9.17, 15) is 8.42 Å². The molecule has 0 saturated heterocycles. The molecule has 0 atom stereocenters. The van der Waals surface area contributed by atoms with Crippen molar-refractivity contribution in [2.75, 3.05) is 11.9 Å². The van der Waals surface area contributed by atoms with Gasteiger partial charge in [-0.3, -0.25) is 0 Å². The topological polar surface area (TPSA) is 88.9 Å². The van der Waals surface area contributed by atoms with E-state index in [1.807, 2.05) is 6.07 Å². The van der Waals surface area contributed by atoms with Gasteiger partial charge in [0.2, 0.25) is 10.0 Å². The molecule has 1 aromatic heterocycles. The second-order valence-electron chi connectivity index (χ2n) is 5.00.